The molecular weight excluding hydrogens is 354 g/mol. The van der Waals surface area contributed by atoms with Crippen molar-refractivity contribution in [3.63, 3.8) is 0 Å². The molecule has 0 unspecified atom stereocenters. The number of nitrogens with zero attached hydrogens (tertiary/aromatic N) is 1. The molecule has 3 aromatic carbocycles. The van der Waals surface area contributed by atoms with Crippen molar-refractivity contribution in [1.82, 2.24) is 5.43 Å². The number of nitrogens with one attached hydrogen (secondary N) is 2. The van der Waals surface area contributed by atoms with E-state index < -0.39 is 0 Å². The van der Waals surface area contributed by atoms with E-state index >= 15 is 0 Å². The molecule has 0 bridgehead atoms. The average Bonchev–Trinajstić information content (AvgIpc) is 2.68. The molecule has 136 valence electrons. The highest BCUT2D eigenvalue weighted by Gasteiger charge is 1.98. The van der Waals surface area contributed by atoms with E-state index in [1.54, 1.807) is 6.21 Å². The van der Waals surface area contributed by atoms with Crippen LogP contribution in [-0.4, -0.2) is 11.3 Å². The lowest BCUT2D eigenvalue weighted by Crippen LogP contribution is -2.23. The van der Waals surface area contributed by atoms with Crippen LogP contribution in [0, 0.1) is 6.92 Å². The van der Waals surface area contributed by atoms with Crippen molar-refractivity contribution in [1.29, 1.82) is 0 Å². The largest absolute Gasteiger partial charge is 0.489 e. The van der Waals surface area contributed by atoms with Gasteiger partial charge in [0.15, 0.2) is 5.11 Å². The van der Waals surface area contributed by atoms with Crippen molar-refractivity contribution in [2.24, 2.45) is 5.10 Å². The van der Waals surface area contributed by atoms with E-state index in [-0.39, 0.29) is 0 Å². The summed E-state index contributed by atoms with van der Waals surface area (Å²) < 4.78 is 5.83. The molecule has 3 rings (SSSR count). The van der Waals surface area contributed by atoms with Gasteiger partial charge in [0.2, 0.25) is 0 Å². The summed E-state index contributed by atoms with van der Waals surface area (Å²) >= 11 is 5.26. The van der Waals surface area contributed by atoms with E-state index in [4.69, 9.17) is 17.0 Å². The standard InChI is InChI=1S/C22H21N3OS/c1-17-7-5-11-20(13-17)24-22(27)25-23-15-19-10-6-12-21(14-19)26-16-18-8-3-2-4-9-18/h2-15H,16H2,1H3,(H2,24,25,27)/b23-15-. The minimum Gasteiger partial charge on any atom is -0.489 e. The highest BCUT2D eigenvalue weighted by atomic mass is 32.1. The zero-order valence-corrected chi connectivity index (χ0v) is 15.9. The predicted octanol–water partition coefficient (Wildman–Crippen LogP) is 4.89. The fraction of sp³-hybridized carbons (Fsp3) is 0.0909. The van der Waals surface area contributed by atoms with E-state index in [2.05, 4.69) is 15.8 Å². The van der Waals surface area contributed by atoms with E-state index in [9.17, 15) is 0 Å². The van der Waals surface area contributed by atoms with Gasteiger partial charge < -0.3 is 10.1 Å². The summed E-state index contributed by atoms with van der Waals surface area (Å²) in [4.78, 5) is 0. The molecule has 0 aliphatic heterocycles. The Morgan fingerprint density at radius 3 is 2.63 bits per heavy atom. The zero-order valence-electron chi connectivity index (χ0n) is 15.1. The molecule has 0 atom stereocenters. The third-order valence-electron chi connectivity index (χ3n) is 3.76. The molecule has 3 aromatic rings. The first-order chi connectivity index (χ1) is 13.2. The smallest absolute Gasteiger partial charge is 0.191 e. The minimum absolute atomic E-state index is 0.438. The first kappa shape index (κ1) is 18.6. The molecule has 0 aromatic heterocycles. The Kier molecular flexibility index (Phi) is 6.55. The van der Waals surface area contributed by atoms with Gasteiger partial charge in [-0.3, -0.25) is 5.43 Å². The molecule has 0 saturated carbocycles. The van der Waals surface area contributed by atoms with Gasteiger partial charge in [-0.15, -0.1) is 0 Å². The quantitative estimate of drug-likeness (QED) is 0.366. The molecule has 0 fully saturated rings. The van der Waals surface area contributed by atoms with Crippen LogP contribution in [0.3, 0.4) is 0 Å². The molecule has 0 radical (unpaired) electrons. The summed E-state index contributed by atoms with van der Waals surface area (Å²) in [5.41, 5.74) is 6.97. The van der Waals surface area contributed by atoms with Crippen LogP contribution in [0.25, 0.3) is 0 Å². The number of hydrogen-bond acceptors (Lipinski definition) is 3. The third kappa shape index (κ3) is 6.24. The summed E-state index contributed by atoms with van der Waals surface area (Å²) in [6.45, 7) is 2.57. The normalized spacial score (nSPS) is 10.6. The van der Waals surface area contributed by atoms with E-state index in [0.717, 1.165) is 22.6 Å². The minimum atomic E-state index is 0.438. The average molecular weight is 375 g/mol. The van der Waals surface area contributed by atoms with Crippen molar-refractivity contribution >= 4 is 29.2 Å². The Hall–Kier alpha value is -3.18. The summed E-state index contributed by atoms with van der Waals surface area (Å²) in [6, 6.07) is 25.8. The number of thiocarbonyl (C=S) groups is 1. The number of anilines is 1. The molecule has 27 heavy (non-hydrogen) atoms. The zero-order chi connectivity index (χ0) is 18.9. The summed E-state index contributed by atoms with van der Waals surface area (Å²) in [7, 11) is 0. The van der Waals surface area contributed by atoms with Gasteiger partial charge >= 0.3 is 0 Å². The van der Waals surface area contributed by atoms with Gasteiger partial charge in [0, 0.05) is 5.69 Å². The van der Waals surface area contributed by atoms with Crippen LogP contribution < -0.4 is 15.5 Å². The summed E-state index contributed by atoms with van der Waals surface area (Å²) in [5, 5.41) is 7.72. The number of benzene rings is 3. The van der Waals surface area contributed by atoms with Gasteiger partial charge in [-0.2, -0.15) is 5.10 Å². The van der Waals surface area contributed by atoms with E-state index in [1.807, 2.05) is 85.8 Å². The number of aryl methyl sites for hydroxylation is 1. The van der Waals surface area contributed by atoms with Gasteiger partial charge in [0.1, 0.15) is 12.4 Å². The van der Waals surface area contributed by atoms with Crippen molar-refractivity contribution in [3.8, 4) is 5.75 Å². The molecule has 0 amide bonds. The second-order valence-electron chi connectivity index (χ2n) is 6.04. The number of hydrogen-bond donors (Lipinski definition) is 2. The lowest BCUT2D eigenvalue weighted by atomic mass is 10.2. The maximum atomic E-state index is 5.83. The third-order valence-corrected chi connectivity index (χ3v) is 3.96. The Labute approximate surface area is 164 Å². The lowest BCUT2D eigenvalue weighted by molar-refractivity contribution is 0.306. The van der Waals surface area contributed by atoms with Crippen molar-refractivity contribution < 1.29 is 4.74 Å². The SMILES string of the molecule is Cc1cccc(NC(=S)N/N=C\c2cccc(OCc3ccccc3)c2)c1. The predicted molar refractivity (Wildman–Crippen MR) is 115 cm³/mol. The highest BCUT2D eigenvalue weighted by Crippen LogP contribution is 2.14. The number of hydrazone groups is 1. The first-order valence-electron chi connectivity index (χ1n) is 8.62. The van der Waals surface area contributed by atoms with Crippen molar-refractivity contribution in [2.45, 2.75) is 13.5 Å². The molecular formula is C22H21N3OS. The monoisotopic (exact) mass is 375 g/mol. The lowest BCUT2D eigenvalue weighted by Gasteiger charge is -2.08. The fourth-order valence-electron chi connectivity index (χ4n) is 2.47. The van der Waals surface area contributed by atoms with Gasteiger partial charge in [-0.05, 0) is 60.1 Å². The molecule has 0 saturated heterocycles. The second-order valence-corrected chi connectivity index (χ2v) is 6.45. The summed E-state index contributed by atoms with van der Waals surface area (Å²) in [5.74, 6) is 0.795. The fourth-order valence-corrected chi connectivity index (χ4v) is 2.64. The Balaban J connectivity index is 1.52. The molecule has 0 aliphatic rings. The first-order valence-corrected chi connectivity index (χ1v) is 9.03. The Morgan fingerprint density at radius 2 is 1.81 bits per heavy atom. The van der Waals surface area contributed by atoms with Gasteiger partial charge in [-0.1, -0.05) is 54.6 Å². The van der Waals surface area contributed by atoms with Gasteiger partial charge in [0.05, 0.1) is 6.21 Å². The van der Waals surface area contributed by atoms with Crippen molar-refractivity contribution in [3.05, 3.63) is 95.6 Å². The van der Waals surface area contributed by atoms with Gasteiger partial charge in [0.25, 0.3) is 0 Å². The van der Waals surface area contributed by atoms with Crippen molar-refractivity contribution in [2.75, 3.05) is 5.32 Å². The number of ether oxygens (including phenoxy) is 1. The van der Waals surface area contributed by atoms with E-state index in [0.29, 0.717) is 11.7 Å². The maximum absolute atomic E-state index is 5.83. The second kappa shape index (κ2) is 9.50. The van der Waals surface area contributed by atoms with Gasteiger partial charge in [-0.25, -0.2) is 0 Å². The highest BCUT2D eigenvalue weighted by molar-refractivity contribution is 7.80. The summed E-state index contributed by atoms with van der Waals surface area (Å²) in [6.07, 6.45) is 1.71. The van der Waals surface area contributed by atoms with E-state index in [1.165, 1.54) is 5.56 Å². The molecule has 2 N–H and O–H groups in total. The Morgan fingerprint density at radius 1 is 1.00 bits per heavy atom. The topological polar surface area (TPSA) is 45.7 Å². The molecule has 0 aliphatic carbocycles. The number of rotatable bonds is 6. The van der Waals surface area contributed by atoms with Crippen LogP contribution in [0.4, 0.5) is 5.69 Å². The molecule has 0 spiro atoms. The van der Waals surface area contributed by atoms with Crippen LogP contribution in [0.1, 0.15) is 16.7 Å². The molecule has 0 heterocycles. The van der Waals surface area contributed by atoms with Crippen LogP contribution in [0.15, 0.2) is 84.0 Å². The Bertz CT molecular complexity index is 926. The molecule has 5 heteroatoms. The maximum Gasteiger partial charge on any atom is 0.191 e. The van der Waals surface area contributed by atoms with Crippen LogP contribution in [-0.2, 0) is 6.61 Å². The van der Waals surface area contributed by atoms with Crippen LogP contribution in [0.5, 0.6) is 5.75 Å². The van der Waals surface area contributed by atoms with Crippen LogP contribution in [0.2, 0.25) is 0 Å². The molecule has 4 nitrogen and oxygen atoms in total. The van der Waals surface area contributed by atoms with Crippen LogP contribution >= 0.6 is 12.2 Å².